The van der Waals surface area contributed by atoms with Crippen molar-refractivity contribution >= 4 is 17.1 Å². The first-order valence-corrected chi connectivity index (χ1v) is 5.59. The van der Waals surface area contributed by atoms with Gasteiger partial charge in [-0.1, -0.05) is 0 Å². The first-order valence-electron chi connectivity index (χ1n) is 5.59. The summed E-state index contributed by atoms with van der Waals surface area (Å²) in [4.78, 5) is 10.4. The van der Waals surface area contributed by atoms with Crippen molar-refractivity contribution in [2.24, 2.45) is 5.73 Å². The van der Waals surface area contributed by atoms with Crippen LogP contribution in [0.5, 0.6) is 0 Å². The fraction of sp³-hybridized carbons (Fsp3) is 0.455. The largest absolute Gasteiger partial charge is 0.385 e. The van der Waals surface area contributed by atoms with E-state index in [9.17, 15) is 10.1 Å². The Hall–Kier alpha value is -1.82. The number of anilines is 2. The molecule has 94 valence electrons. The highest BCUT2D eigenvalue weighted by Crippen LogP contribution is 2.27. The number of unbranched alkanes of at least 4 members (excludes halogenated alkanes) is 1. The number of nitrogens with zero attached hydrogens (tertiary/aromatic N) is 1. The molecule has 0 radical (unpaired) electrons. The molecule has 4 N–H and O–H groups in total. The maximum absolute atomic E-state index is 10.8. The predicted octanol–water partition coefficient (Wildman–Crippen LogP) is 1.79. The van der Waals surface area contributed by atoms with Gasteiger partial charge in [0.05, 0.1) is 4.92 Å². The van der Waals surface area contributed by atoms with E-state index in [0.717, 1.165) is 25.1 Å². The van der Waals surface area contributed by atoms with Gasteiger partial charge in [-0.25, -0.2) is 0 Å². The molecule has 1 aromatic carbocycles. The minimum Gasteiger partial charge on any atom is -0.385 e. The second-order valence-corrected chi connectivity index (χ2v) is 3.66. The van der Waals surface area contributed by atoms with E-state index in [2.05, 4.69) is 10.6 Å². The number of nitro benzene ring substituents is 1. The monoisotopic (exact) mass is 238 g/mol. The highest BCUT2D eigenvalue weighted by molar-refractivity contribution is 5.67. The molecule has 6 heteroatoms. The van der Waals surface area contributed by atoms with Crippen molar-refractivity contribution in [1.82, 2.24) is 0 Å². The molecule has 17 heavy (non-hydrogen) atoms. The van der Waals surface area contributed by atoms with E-state index in [1.54, 1.807) is 13.1 Å². The zero-order valence-corrected chi connectivity index (χ0v) is 9.90. The van der Waals surface area contributed by atoms with Crippen LogP contribution < -0.4 is 16.4 Å². The van der Waals surface area contributed by atoms with Gasteiger partial charge in [0.1, 0.15) is 5.69 Å². The standard InChI is InChI=1S/C11H18N4O2/c1-13-10-5-4-9(8-11(10)15(16)17)14-7-3-2-6-12/h4-5,8,13-14H,2-3,6-7,12H2,1H3. The lowest BCUT2D eigenvalue weighted by Crippen LogP contribution is -2.06. The first-order chi connectivity index (χ1) is 8.19. The lowest BCUT2D eigenvalue weighted by atomic mass is 10.2. The predicted molar refractivity (Wildman–Crippen MR) is 69.4 cm³/mol. The van der Waals surface area contributed by atoms with Crippen molar-refractivity contribution < 1.29 is 4.92 Å². The van der Waals surface area contributed by atoms with Crippen molar-refractivity contribution in [3.8, 4) is 0 Å². The number of nitrogens with one attached hydrogen (secondary N) is 2. The maximum atomic E-state index is 10.8. The van der Waals surface area contributed by atoms with E-state index in [1.165, 1.54) is 6.07 Å². The molecule has 0 atom stereocenters. The van der Waals surface area contributed by atoms with Crippen LogP contribution >= 0.6 is 0 Å². The summed E-state index contributed by atoms with van der Waals surface area (Å²) in [5, 5.41) is 16.8. The summed E-state index contributed by atoms with van der Waals surface area (Å²) >= 11 is 0. The molecular weight excluding hydrogens is 220 g/mol. The summed E-state index contributed by atoms with van der Waals surface area (Å²) < 4.78 is 0. The van der Waals surface area contributed by atoms with Crippen LogP contribution in [0.15, 0.2) is 18.2 Å². The Morgan fingerprint density at radius 1 is 1.41 bits per heavy atom. The highest BCUT2D eigenvalue weighted by Gasteiger charge is 2.12. The molecule has 0 heterocycles. The van der Waals surface area contributed by atoms with Crippen molar-refractivity contribution in [3.63, 3.8) is 0 Å². The lowest BCUT2D eigenvalue weighted by molar-refractivity contribution is -0.383. The van der Waals surface area contributed by atoms with Crippen LogP contribution in [0.1, 0.15) is 12.8 Å². The highest BCUT2D eigenvalue weighted by atomic mass is 16.6. The third-order valence-corrected chi connectivity index (χ3v) is 2.42. The normalized spacial score (nSPS) is 10.0. The van der Waals surface area contributed by atoms with E-state index in [4.69, 9.17) is 5.73 Å². The Morgan fingerprint density at radius 3 is 2.76 bits per heavy atom. The zero-order valence-electron chi connectivity index (χ0n) is 9.90. The average molecular weight is 238 g/mol. The molecule has 0 saturated heterocycles. The Kier molecular flexibility index (Phi) is 5.22. The molecule has 0 aliphatic carbocycles. The third kappa shape index (κ3) is 3.92. The Morgan fingerprint density at radius 2 is 2.18 bits per heavy atom. The summed E-state index contributed by atoms with van der Waals surface area (Å²) in [6.45, 7) is 1.44. The van der Waals surface area contributed by atoms with E-state index >= 15 is 0 Å². The molecule has 6 nitrogen and oxygen atoms in total. The van der Waals surface area contributed by atoms with Crippen molar-refractivity contribution in [2.45, 2.75) is 12.8 Å². The minimum absolute atomic E-state index is 0.0799. The Balaban J connectivity index is 2.68. The third-order valence-electron chi connectivity index (χ3n) is 2.42. The van der Waals surface area contributed by atoms with Gasteiger partial charge < -0.3 is 16.4 Å². The second-order valence-electron chi connectivity index (χ2n) is 3.66. The molecule has 0 amide bonds. The van der Waals surface area contributed by atoms with Gasteiger partial charge in [0.15, 0.2) is 0 Å². The topological polar surface area (TPSA) is 93.2 Å². The number of benzene rings is 1. The van der Waals surface area contributed by atoms with Crippen LogP contribution in [0, 0.1) is 10.1 Å². The van der Waals surface area contributed by atoms with Gasteiger partial charge in [-0.15, -0.1) is 0 Å². The van der Waals surface area contributed by atoms with Crippen LogP contribution in [0.3, 0.4) is 0 Å². The van der Waals surface area contributed by atoms with Crippen LogP contribution in [0.2, 0.25) is 0 Å². The van der Waals surface area contributed by atoms with Gasteiger partial charge in [-0.2, -0.15) is 0 Å². The summed E-state index contributed by atoms with van der Waals surface area (Å²) in [7, 11) is 1.66. The zero-order chi connectivity index (χ0) is 12.7. The van der Waals surface area contributed by atoms with E-state index in [0.29, 0.717) is 12.2 Å². The fourth-order valence-electron chi connectivity index (χ4n) is 1.51. The molecule has 0 aromatic heterocycles. The van der Waals surface area contributed by atoms with Gasteiger partial charge in [0, 0.05) is 25.3 Å². The van der Waals surface area contributed by atoms with Gasteiger partial charge in [0.2, 0.25) is 0 Å². The molecule has 1 aromatic rings. The smallest absolute Gasteiger partial charge is 0.294 e. The molecule has 0 bridgehead atoms. The van der Waals surface area contributed by atoms with Gasteiger partial charge >= 0.3 is 0 Å². The van der Waals surface area contributed by atoms with E-state index in [1.807, 2.05) is 6.07 Å². The lowest BCUT2D eigenvalue weighted by Gasteiger charge is -2.07. The first kappa shape index (κ1) is 13.2. The quantitative estimate of drug-likeness (QED) is 0.382. The SMILES string of the molecule is CNc1ccc(NCCCCN)cc1[N+](=O)[O-]. The Labute approximate surface area is 100 Å². The van der Waals surface area contributed by atoms with E-state index in [-0.39, 0.29) is 5.69 Å². The summed E-state index contributed by atoms with van der Waals surface area (Å²) in [6, 6.07) is 5.05. The van der Waals surface area contributed by atoms with Gasteiger partial charge in [0.25, 0.3) is 5.69 Å². The number of nitro groups is 1. The molecule has 0 aliphatic heterocycles. The van der Waals surface area contributed by atoms with Crippen molar-refractivity contribution in [2.75, 3.05) is 30.8 Å². The van der Waals surface area contributed by atoms with Crippen molar-refractivity contribution in [1.29, 1.82) is 0 Å². The van der Waals surface area contributed by atoms with Gasteiger partial charge in [-0.05, 0) is 31.5 Å². The van der Waals surface area contributed by atoms with Crippen LogP contribution in [0.25, 0.3) is 0 Å². The average Bonchev–Trinajstić information content (AvgIpc) is 2.34. The number of hydrogen-bond acceptors (Lipinski definition) is 5. The number of hydrogen-bond donors (Lipinski definition) is 3. The fourth-order valence-corrected chi connectivity index (χ4v) is 1.51. The molecule has 0 aliphatic rings. The number of rotatable bonds is 7. The van der Waals surface area contributed by atoms with Gasteiger partial charge in [-0.3, -0.25) is 10.1 Å². The number of nitrogens with two attached hydrogens (primary N) is 1. The molecule has 1 rings (SSSR count). The second kappa shape index (κ2) is 6.70. The molecule has 0 unspecified atom stereocenters. The maximum Gasteiger partial charge on any atom is 0.294 e. The summed E-state index contributed by atoms with van der Waals surface area (Å²) in [6.07, 6.45) is 1.90. The summed E-state index contributed by atoms with van der Waals surface area (Å²) in [5.74, 6) is 0. The molecule has 0 spiro atoms. The summed E-state index contributed by atoms with van der Waals surface area (Å²) in [5.41, 5.74) is 6.74. The van der Waals surface area contributed by atoms with Crippen LogP contribution in [-0.4, -0.2) is 25.1 Å². The Bertz CT molecular complexity index is 382. The molecule has 0 saturated carbocycles. The minimum atomic E-state index is -0.392. The van der Waals surface area contributed by atoms with Crippen LogP contribution in [-0.2, 0) is 0 Å². The van der Waals surface area contributed by atoms with E-state index < -0.39 is 4.92 Å². The molecule has 0 fully saturated rings. The molecular formula is C11H18N4O2. The van der Waals surface area contributed by atoms with Crippen molar-refractivity contribution in [3.05, 3.63) is 28.3 Å². The van der Waals surface area contributed by atoms with Crippen LogP contribution in [0.4, 0.5) is 17.1 Å².